The number of benzene rings is 2. The molecule has 3 rings (SSSR count). The number of sulfonamides is 2. The molecule has 0 saturated heterocycles. The summed E-state index contributed by atoms with van der Waals surface area (Å²) in [4.78, 5) is -0.864. The van der Waals surface area contributed by atoms with Gasteiger partial charge in [-0.3, -0.25) is 4.72 Å². The van der Waals surface area contributed by atoms with Crippen LogP contribution in [0.4, 0.5) is 23.2 Å². The maximum Gasteiger partial charge on any atom is 0.419 e. The minimum absolute atomic E-state index is 0.0664. The van der Waals surface area contributed by atoms with Crippen molar-refractivity contribution in [2.75, 3.05) is 4.72 Å². The van der Waals surface area contributed by atoms with Crippen molar-refractivity contribution in [3.8, 4) is 0 Å². The van der Waals surface area contributed by atoms with E-state index in [1.165, 1.54) is 0 Å². The summed E-state index contributed by atoms with van der Waals surface area (Å²) in [5.74, 6) is -1.59. The molecule has 0 unspecified atom stereocenters. The molecule has 0 radical (unpaired) electrons. The fraction of sp³-hybridized carbons (Fsp3) is 0.250. The quantitative estimate of drug-likeness (QED) is 0.678. The molecule has 12 heteroatoms. The van der Waals surface area contributed by atoms with Crippen LogP contribution in [0.15, 0.2) is 52.3 Å². The Morgan fingerprint density at radius 2 is 1.43 bits per heavy atom. The zero-order valence-corrected chi connectivity index (χ0v) is 15.6. The zero-order chi connectivity index (χ0) is 20.7. The summed E-state index contributed by atoms with van der Waals surface area (Å²) in [7, 11) is -8.18. The molecule has 0 heterocycles. The van der Waals surface area contributed by atoms with Crippen LogP contribution in [0.3, 0.4) is 0 Å². The number of anilines is 1. The van der Waals surface area contributed by atoms with Gasteiger partial charge in [0, 0.05) is 11.7 Å². The van der Waals surface area contributed by atoms with Gasteiger partial charge >= 0.3 is 6.18 Å². The number of nitrogens with one attached hydrogen (secondary N) is 2. The van der Waals surface area contributed by atoms with E-state index < -0.39 is 42.5 Å². The van der Waals surface area contributed by atoms with Crippen molar-refractivity contribution in [2.24, 2.45) is 0 Å². The van der Waals surface area contributed by atoms with Crippen molar-refractivity contribution in [3.63, 3.8) is 0 Å². The van der Waals surface area contributed by atoms with Crippen LogP contribution in [0.1, 0.15) is 18.4 Å². The molecule has 28 heavy (non-hydrogen) atoms. The second kappa shape index (κ2) is 7.01. The molecular weight excluding hydrogens is 424 g/mol. The van der Waals surface area contributed by atoms with Crippen LogP contribution < -0.4 is 9.44 Å². The van der Waals surface area contributed by atoms with Gasteiger partial charge in [-0.2, -0.15) is 13.2 Å². The first-order valence-corrected chi connectivity index (χ1v) is 10.9. The first kappa shape index (κ1) is 20.6. The summed E-state index contributed by atoms with van der Waals surface area (Å²) in [5.41, 5.74) is -1.77. The lowest BCUT2D eigenvalue weighted by Crippen LogP contribution is -2.25. The fourth-order valence-electron chi connectivity index (χ4n) is 2.29. The Morgan fingerprint density at radius 3 is 1.96 bits per heavy atom. The lowest BCUT2D eigenvalue weighted by Gasteiger charge is -2.12. The molecular formula is C16H14F4N2O4S2. The third-order valence-electron chi connectivity index (χ3n) is 3.87. The van der Waals surface area contributed by atoms with Gasteiger partial charge in [0.25, 0.3) is 10.0 Å². The number of hydrogen-bond acceptors (Lipinski definition) is 4. The van der Waals surface area contributed by atoms with Gasteiger partial charge in [0.2, 0.25) is 10.0 Å². The van der Waals surface area contributed by atoms with E-state index in [-0.39, 0.29) is 22.7 Å². The molecule has 152 valence electrons. The highest BCUT2D eigenvalue weighted by atomic mass is 32.2. The topological polar surface area (TPSA) is 92.3 Å². The van der Waals surface area contributed by atoms with Crippen molar-refractivity contribution in [2.45, 2.75) is 34.9 Å². The van der Waals surface area contributed by atoms with Crippen LogP contribution in [-0.2, 0) is 26.2 Å². The summed E-state index contributed by atoms with van der Waals surface area (Å²) in [6, 6.07) is 5.84. The van der Waals surface area contributed by atoms with E-state index in [1.54, 1.807) is 0 Å². The minimum Gasteiger partial charge on any atom is -0.280 e. The summed E-state index contributed by atoms with van der Waals surface area (Å²) in [5, 5.41) is 0. The molecule has 0 aromatic heterocycles. The highest BCUT2D eigenvalue weighted by Gasteiger charge is 2.35. The van der Waals surface area contributed by atoms with Crippen LogP contribution in [0.25, 0.3) is 0 Å². The molecule has 1 saturated carbocycles. The zero-order valence-electron chi connectivity index (χ0n) is 14.0. The van der Waals surface area contributed by atoms with E-state index in [2.05, 4.69) is 4.72 Å². The van der Waals surface area contributed by atoms with Gasteiger partial charge in [0.15, 0.2) is 0 Å². The second-order valence-corrected chi connectivity index (χ2v) is 9.56. The predicted molar refractivity (Wildman–Crippen MR) is 92.0 cm³/mol. The smallest absolute Gasteiger partial charge is 0.280 e. The van der Waals surface area contributed by atoms with E-state index in [0.29, 0.717) is 12.1 Å². The van der Waals surface area contributed by atoms with Gasteiger partial charge in [0.1, 0.15) is 5.82 Å². The summed E-state index contributed by atoms with van der Waals surface area (Å²) < 4.78 is 105. The van der Waals surface area contributed by atoms with Crippen LogP contribution in [0, 0.1) is 5.82 Å². The molecule has 2 aromatic rings. The predicted octanol–water partition coefficient (Wildman–Crippen LogP) is 3.09. The van der Waals surface area contributed by atoms with Crippen LogP contribution in [0.5, 0.6) is 0 Å². The molecule has 6 nitrogen and oxygen atoms in total. The van der Waals surface area contributed by atoms with Crippen molar-refractivity contribution in [3.05, 3.63) is 53.8 Å². The van der Waals surface area contributed by atoms with Crippen LogP contribution in [-0.4, -0.2) is 22.9 Å². The van der Waals surface area contributed by atoms with Gasteiger partial charge in [0.05, 0.1) is 15.4 Å². The summed E-state index contributed by atoms with van der Waals surface area (Å²) in [6.07, 6.45) is -3.57. The van der Waals surface area contributed by atoms with Gasteiger partial charge in [-0.05, 0) is 55.3 Å². The second-order valence-electron chi connectivity index (χ2n) is 6.16. The molecule has 2 aromatic carbocycles. The lowest BCUT2D eigenvalue weighted by molar-refractivity contribution is -0.140. The largest absolute Gasteiger partial charge is 0.419 e. The summed E-state index contributed by atoms with van der Waals surface area (Å²) >= 11 is 0. The van der Waals surface area contributed by atoms with Crippen molar-refractivity contribution in [1.82, 2.24) is 4.72 Å². The van der Waals surface area contributed by atoms with E-state index in [0.717, 1.165) is 37.1 Å². The molecule has 1 aliphatic rings. The highest BCUT2D eigenvalue weighted by molar-refractivity contribution is 7.92. The molecule has 1 aliphatic carbocycles. The van der Waals surface area contributed by atoms with E-state index in [1.807, 2.05) is 4.72 Å². The summed E-state index contributed by atoms with van der Waals surface area (Å²) in [6.45, 7) is 0. The van der Waals surface area contributed by atoms with Crippen molar-refractivity contribution >= 4 is 25.7 Å². The van der Waals surface area contributed by atoms with E-state index >= 15 is 0 Å². The fourth-order valence-corrected chi connectivity index (χ4v) is 4.68. The number of halogens is 4. The maximum absolute atomic E-state index is 13.3. The highest BCUT2D eigenvalue weighted by Crippen LogP contribution is 2.33. The number of alkyl halides is 3. The Hall–Kier alpha value is -2.18. The average Bonchev–Trinajstić information content (AvgIpc) is 3.37. The van der Waals surface area contributed by atoms with Gasteiger partial charge in [-0.1, -0.05) is 0 Å². The molecule has 0 bridgehead atoms. The molecule has 0 spiro atoms. The minimum atomic E-state index is -5.06. The monoisotopic (exact) mass is 438 g/mol. The first-order chi connectivity index (χ1) is 12.9. The van der Waals surface area contributed by atoms with Gasteiger partial charge in [-0.15, -0.1) is 0 Å². The molecule has 0 amide bonds. The average molecular weight is 438 g/mol. The van der Waals surface area contributed by atoms with Crippen molar-refractivity contribution in [1.29, 1.82) is 0 Å². The third-order valence-corrected chi connectivity index (χ3v) is 6.78. The Morgan fingerprint density at radius 1 is 0.857 bits per heavy atom. The standard InChI is InChI=1S/C16H14F4N2O4S2/c17-15-8-7-13(9-14(15)16(18,19)20)28(25,26)22-11-3-5-12(6-4-11)27(23,24)21-10-1-2-10/h3-10,21-22H,1-2H2. The molecule has 0 atom stereocenters. The Bertz CT molecular complexity index is 1090. The maximum atomic E-state index is 13.3. The molecule has 2 N–H and O–H groups in total. The van der Waals surface area contributed by atoms with Crippen LogP contribution >= 0.6 is 0 Å². The number of hydrogen-bond donors (Lipinski definition) is 2. The Balaban J connectivity index is 1.83. The molecule has 0 aliphatic heterocycles. The number of rotatable bonds is 6. The third kappa shape index (κ3) is 4.62. The first-order valence-electron chi connectivity index (χ1n) is 7.90. The van der Waals surface area contributed by atoms with Gasteiger partial charge in [-0.25, -0.2) is 25.9 Å². The Kier molecular flexibility index (Phi) is 5.15. The van der Waals surface area contributed by atoms with Crippen molar-refractivity contribution < 1.29 is 34.4 Å². The van der Waals surface area contributed by atoms with E-state index in [4.69, 9.17) is 0 Å². The van der Waals surface area contributed by atoms with Crippen LogP contribution in [0.2, 0.25) is 0 Å². The lowest BCUT2D eigenvalue weighted by atomic mass is 10.2. The normalized spacial score (nSPS) is 15.4. The molecule has 1 fully saturated rings. The Labute approximate surface area is 158 Å². The SMILES string of the molecule is O=S(=O)(Nc1ccc(S(=O)(=O)NC2CC2)cc1)c1ccc(F)c(C(F)(F)F)c1. The van der Waals surface area contributed by atoms with E-state index in [9.17, 15) is 34.4 Å². The van der Waals surface area contributed by atoms with Gasteiger partial charge < -0.3 is 0 Å².